The number of ether oxygens (including phenoxy) is 2. The van der Waals surface area contributed by atoms with Crippen molar-refractivity contribution in [1.82, 2.24) is 24.6 Å². The van der Waals surface area contributed by atoms with Crippen LogP contribution in [-0.4, -0.2) is 77.4 Å². The summed E-state index contributed by atoms with van der Waals surface area (Å²) in [6.45, 7) is 4.38. The van der Waals surface area contributed by atoms with Crippen LogP contribution in [0.25, 0.3) is 21.9 Å². The summed E-state index contributed by atoms with van der Waals surface area (Å²) in [6.07, 6.45) is 0.426. The second-order valence-corrected chi connectivity index (χ2v) is 14.2. The zero-order valence-corrected chi connectivity index (χ0v) is 27.1. The first kappa shape index (κ1) is 33.1. The Kier molecular flexibility index (Phi) is 9.13. The number of aliphatic hydroxyl groups is 2. The second-order valence-electron chi connectivity index (χ2n) is 12.5. The maximum absolute atomic E-state index is 14.6. The third-order valence-corrected chi connectivity index (χ3v) is 10.1. The zero-order valence-electron chi connectivity index (χ0n) is 26.2. The van der Waals surface area contributed by atoms with Gasteiger partial charge in [-0.2, -0.15) is 15.1 Å². The molecule has 2 aromatic heterocycles. The Bertz CT molecular complexity index is 1810. The number of nitrogens with zero attached hydrogens (tertiary/aromatic N) is 4. The number of nitrogens with one attached hydrogen (secondary N) is 1. The molecule has 1 aliphatic carbocycles. The molecule has 2 unspecified atom stereocenters. The van der Waals surface area contributed by atoms with Crippen molar-refractivity contribution >= 4 is 41.6 Å². The molecule has 2 aliphatic rings. The predicted octanol–water partition coefficient (Wildman–Crippen LogP) is 3.58. The first-order valence-corrected chi connectivity index (χ1v) is 17.1. The highest BCUT2D eigenvalue weighted by Crippen LogP contribution is 2.49. The van der Waals surface area contributed by atoms with E-state index < -0.39 is 56.3 Å². The van der Waals surface area contributed by atoms with Gasteiger partial charge in [-0.05, 0) is 50.0 Å². The molecule has 6 atom stereocenters. The summed E-state index contributed by atoms with van der Waals surface area (Å²) < 4.78 is 39.7. The van der Waals surface area contributed by atoms with Gasteiger partial charge in [0, 0.05) is 5.39 Å². The Morgan fingerprint density at radius 2 is 1.91 bits per heavy atom. The van der Waals surface area contributed by atoms with Crippen LogP contribution in [0.4, 0.5) is 5.95 Å². The van der Waals surface area contributed by atoms with Crippen molar-refractivity contribution in [1.29, 1.82) is 0 Å². The number of imidazole rings is 1. The first-order valence-electron chi connectivity index (χ1n) is 15.5. The lowest BCUT2D eigenvalue weighted by atomic mass is 9.96. The molecule has 1 saturated heterocycles. The average Bonchev–Trinajstić information content (AvgIpc) is 3.74. The van der Waals surface area contributed by atoms with Gasteiger partial charge in [0.25, 0.3) is 0 Å². The molecule has 0 bridgehead atoms. The molecule has 1 aliphatic heterocycles. The molecule has 6 N–H and O–H groups in total. The van der Waals surface area contributed by atoms with Gasteiger partial charge in [-0.25, -0.2) is 9.55 Å². The van der Waals surface area contributed by atoms with Gasteiger partial charge in [0.05, 0.1) is 12.9 Å². The van der Waals surface area contributed by atoms with Crippen molar-refractivity contribution in [3.05, 3.63) is 48.8 Å². The van der Waals surface area contributed by atoms with Gasteiger partial charge < -0.3 is 35.1 Å². The number of hydrogen-bond donors (Lipinski definition) is 5. The van der Waals surface area contributed by atoms with E-state index in [9.17, 15) is 24.7 Å². The fourth-order valence-corrected chi connectivity index (χ4v) is 7.71. The van der Waals surface area contributed by atoms with E-state index in [0.29, 0.717) is 5.39 Å². The van der Waals surface area contributed by atoms with Gasteiger partial charge in [-0.15, -0.1) is 0 Å². The minimum absolute atomic E-state index is 0.00851. The van der Waals surface area contributed by atoms with Gasteiger partial charge in [0.2, 0.25) is 11.8 Å². The van der Waals surface area contributed by atoms with Crippen molar-refractivity contribution in [2.45, 2.75) is 82.6 Å². The van der Waals surface area contributed by atoms with Gasteiger partial charge in [0.15, 0.2) is 17.4 Å². The SMILES string of the molecule is CC(C)[C@H](NP(=O)(OC[C@H]1OC(n2cnc3c(O)nc(N)nc32)[C@](C)(O)[C@@H]1O)Oc1cccc2ccccc12)C(=O)OC1CCCC1. The van der Waals surface area contributed by atoms with Crippen molar-refractivity contribution in [3.8, 4) is 11.6 Å². The highest BCUT2D eigenvalue weighted by atomic mass is 31.2. The van der Waals surface area contributed by atoms with Gasteiger partial charge in [-0.1, -0.05) is 50.2 Å². The molecule has 2 aromatic carbocycles. The number of esters is 1. The number of fused-ring (bicyclic) bond motifs is 2. The number of benzene rings is 2. The van der Waals surface area contributed by atoms with Crippen LogP contribution in [0, 0.1) is 5.92 Å². The standard InChI is InChI=1S/C31H39N6O9P/c1-17(2)23(28(40)44-19-11-5-6-12-19)36-47(42,46-21-14-8-10-18-9-4-7-13-20(18)21)43-15-22-25(38)31(3,41)29(45-22)37-16-33-24-26(37)34-30(32)35-27(24)39/h4,7-10,13-14,16-17,19,22-23,25,29,38,41H,5-6,11-12,15H2,1-3H3,(H,36,42)(H3,32,34,35,39)/t22-,23+,25-,29?,31-,47?/m1/s1. The molecular weight excluding hydrogens is 631 g/mol. The molecule has 47 heavy (non-hydrogen) atoms. The number of anilines is 1. The van der Waals surface area contributed by atoms with E-state index in [1.807, 2.05) is 24.3 Å². The fraction of sp³-hybridized carbons (Fsp3) is 0.484. The van der Waals surface area contributed by atoms with Crippen LogP contribution in [-0.2, 0) is 23.4 Å². The molecule has 16 heteroatoms. The Hall–Kier alpha value is -3.85. The summed E-state index contributed by atoms with van der Waals surface area (Å²) in [7, 11) is -4.42. The number of aliphatic hydroxyl groups excluding tert-OH is 1. The quantitative estimate of drug-likeness (QED) is 0.114. The minimum atomic E-state index is -4.42. The van der Waals surface area contributed by atoms with Crippen LogP contribution in [0.3, 0.4) is 0 Å². The Balaban J connectivity index is 1.28. The largest absolute Gasteiger partial charge is 0.492 e. The molecule has 1 saturated carbocycles. The molecule has 6 rings (SSSR count). The lowest BCUT2D eigenvalue weighted by molar-refractivity contribution is -0.152. The van der Waals surface area contributed by atoms with Gasteiger partial charge in [0.1, 0.15) is 35.7 Å². The van der Waals surface area contributed by atoms with Crippen LogP contribution in [0.5, 0.6) is 11.6 Å². The zero-order chi connectivity index (χ0) is 33.5. The van der Waals surface area contributed by atoms with Crippen LogP contribution in [0.2, 0.25) is 0 Å². The summed E-state index contributed by atoms with van der Waals surface area (Å²) in [5.74, 6) is -1.40. The Morgan fingerprint density at radius 1 is 1.19 bits per heavy atom. The van der Waals surface area contributed by atoms with Crippen molar-refractivity contribution < 1.29 is 43.2 Å². The summed E-state index contributed by atoms with van der Waals surface area (Å²) in [5.41, 5.74) is 3.84. The van der Waals surface area contributed by atoms with Crippen molar-refractivity contribution in [2.75, 3.05) is 12.3 Å². The van der Waals surface area contributed by atoms with Crippen LogP contribution < -0.4 is 15.3 Å². The first-order chi connectivity index (χ1) is 22.4. The molecule has 2 fully saturated rings. The smallest absolute Gasteiger partial charge is 0.459 e. The third kappa shape index (κ3) is 6.64. The van der Waals surface area contributed by atoms with E-state index in [-0.39, 0.29) is 34.9 Å². The van der Waals surface area contributed by atoms with Crippen molar-refractivity contribution in [3.63, 3.8) is 0 Å². The van der Waals surface area contributed by atoms with Gasteiger partial charge in [-0.3, -0.25) is 13.9 Å². The molecule has 0 spiro atoms. The maximum Gasteiger partial charge on any atom is 0.459 e. The molecule has 15 nitrogen and oxygen atoms in total. The highest BCUT2D eigenvalue weighted by molar-refractivity contribution is 7.52. The van der Waals surface area contributed by atoms with Crippen LogP contribution >= 0.6 is 7.75 Å². The minimum Gasteiger partial charge on any atom is -0.492 e. The second kappa shape index (κ2) is 13.0. The summed E-state index contributed by atoms with van der Waals surface area (Å²) in [5, 5.41) is 37.0. The summed E-state index contributed by atoms with van der Waals surface area (Å²) >= 11 is 0. The number of aromatic nitrogens is 4. The molecular formula is C31H39N6O9P. The molecule has 4 aromatic rings. The van der Waals surface area contributed by atoms with E-state index in [1.54, 1.807) is 32.0 Å². The molecule has 252 valence electrons. The normalized spacial score (nSPS) is 25.4. The summed E-state index contributed by atoms with van der Waals surface area (Å²) in [4.78, 5) is 25.2. The molecule has 3 heterocycles. The van der Waals surface area contributed by atoms with Crippen LogP contribution in [0.15, 0.2) is 48.8 Å². The summed E-state index contributed by atoms with van der Waals surface area (Å²) in [6, 6.07) is 11.5. The monoisotopic (exact) mass is 670 g/mol. The number of hydrogen-bond acceptors (Lipinski definition) is 13. The number of rotatable bonds is 11. The lowest BCUT2D eigenvalue weighted by Crippen LogP contribution is -2.45. The fourth-order valence-electron chi connectivity index (χ4n) is 6.02. The van der Waals surface area contributed by atoms with E-state index in [4.69, 9.17) is 24.3 Å². The lowest BCUT2D eigenvalue weighted by Gasteiger charge is -2.29. The number of nitrogens with two attached hydrogens (primary N) is 1. The van der Waals surface area contributed by atoms with E-state index in [0.717, 1.165) is 31.1 Å². The maximum atomic E-state index is 14.6. The third-order valence-electron chi connectivity index (χ3n) is 8.61. The topological polar surface area (TPSA) is 213 Å². The number of nitrogen functional groups attached to an aromatic ring is 1. The van der Waals surface area contributed by atoms with E-state index in [2.05, 4.69) is 20.0 Å². The average molecular weight is 671 g/mol. The number of carbonyl (C=O) groups excluding carboxylic acids is 1. The van der Waals surface area contributed by atoms with Crippen molar-refractivity contribution in [2.24, 2.45) is 5.92 Å². The van der Waals surface area contributed by atoms with Crippen LogP contribution in [0.1, 0.15) is 52.7 Å². The number of carbonyl (C=O) groups is 1. The highest BCUT2D eigenvalue weighted by Gasteiger charge is 2.54. The molecule has 0 radical (unpaired) electrons. The number of aromatic hydroxyl groups is 1. The predicted molar refractivity (Wildman–Crippen MR) is 170 cm³/mol. The Labute approximate surface area is 270 Å². The molecule has 0 amide bonds. The van der Waals surface area contributed by atoms with E-state index >= 15 is 0 Å². The van der Waals surface area contributed by atoms with E-state index in [1.165, 1.54) is 17.8 Å². The van der Waals surface area contributed by atoms with Gasteiger partial charge >= 0.3 is 13.7 Å². The Morgan fingerprint density at radius 3 is 2.66 bits per heavy atom.